The van der Waals surface area contributed by atoms with Gasteiger partial charge >= 0.3 is 12.1 Å². The van der Waals surface area contributed by atoms with Crippen LogP contribution in [0.15, 0.2) is 30.3 Å². The van der Waals surface area contributed by atoms with Gasteiger partial charge in [0, 0.05) is 0 Å². The van der Waals surface area contributed by atoms with E-state index < -0.39 is 18.7 Å². The molecule has 0 aromatic heterocycles. The van der Waals surface area contributed by atoms with Crippen molar-refractivity contribution in [2.45, 2.75) is 44.6 Å². The van der Waals surface area contributed by atoms with Crippen molar-refractivity contribution in [3.8, 4) is 16.9 Å². The Kier molecular flexibility index (Phi) is 4.83. The largest absolute Gasteiger partial charge is 0.493 e. The number of aliphatic carboxylic acids is 1. The lowest BCUT2D eigenvalue weighted by atomic mass is 9.87. The van der Waals surface area contributed by atoms with Crippen molar-refractivity contribution < 1.29 is 28.2 Å². The molecule has 0 radical (unpaired) electrons. The summed E-state index contributed by atoms with van der Waals surface area (Å²) >= 11 is 0. The van der Waals surface area contributed by atoms with Crippen LogP contribution in [0.1, 0.15) is 47.4 Å². The van der Waals surface area contributed by atoms with Crippen LogP contribution in [0.25, 0.3) is 11.1 Å². The first-order valence-corrected chi connectivity index (χ1v) is 9.50. The van der Waals surface area contributed by atoms with Gasteiger partial charge in [0.2, 0.25) is 0 Å². The third-order valence-electron chi connectivity index (χ3n) is 5.33. The lowest BCUT2D eigenvalue weighted by molar-refractivity contribution is -0.249. The monoisotopic (exact) mass is 388 g/mol. The molecule has 0 atom stereocenters. The molecule has 148 valence electrons. The molecule has 0 bridgehead atoms. The molecule has 0 unspecified atom stereocenters. The maximum atomic E-state index is 15.0. The molecule has 1 N–H and O–H groups in total. The van der Waals surface area contributed by atoms with E-state index in [1.165, 1.54) is 0 Å². The van der Waals surface area contributed by atoms with Gasteiger partial charge in [-0.1, -0.05) is 18.2 Å². The molecule has 1 fully saturated rings. The second-order valence-corrected chi connectivity index (χ2v) is 7.47. The van der Waals surface area contributed by atoms with E-state index >= 15 is 8.78 Å². The highest BCUT2D eigenvalue weighted by molar-refractivity contribution is 5.76. The standard InChI is InChI=1S/C22H22F2O4/c1-13-4-8-17(14-5-6-14)20(21(13)22(23,24)28-12-19(25)26)16-7-9-18-15(11-16)3-2-10-27-18/h4,7-9,11,14H,2-3,5-6,10,12H2,1H3,(H,25,26). The van der Waals surface area contributed by atoms with Gasteiger partial charge in [-0.05, 0) is 78.5 Å². The molecule has 1 aliphatic heterocycles. The molecule has 28 heavy (non-hydrogen) atoms. The first-order chi connectivity index (χ1) is 13.4. The van der Waals surface area contributed by atoms with Crippen LogP contribution in [0.3, 0.4) is 0 Å². The number of carboxylic acid groups (broad SMARTS) is 1. The highest BCUT2D eigenvalue weighted by Crippen LogP contribution is 2.49. The van der Waals surface area contributed by atoms with Gasteiger partial charge in [-0.25, -0.2) is 4.79 Å². The second-order valence-electron chi connectivity index (χ2n) is 7.47. The molecule has 1 aliphatic carbocycles. The van der Waals surface area contributed by atoms with E-state index in [2.05, 4.69) is 4.74 Å². The third-order valence-corrected chi connectivity index (χ3v) is 5.33. The van der Waals surface area contributed by atoms with Crippen molar-refractivity contribution in [3.63, 3.8) is 0 Å². The molecule has 1 heterocycles. The summed E-state index contributed by atoms with van der Waals surface area (Å²) in [5.74, 6) is -0.383. The molecule has 2 aromatic rings. The highest BCUT2D eigenvalue weighted by atomic mass is 19.3. The minimum absolute atomic E-state index is 0.241. The summed E-state index contributed by atoms with van der Waals surface area (Å²) in [7, 11) is 0. The van der Waals surface area contributed by atoms with Gasteiger partial charge in [-0.15, -0.1) is 0 Å². The Morgan fingerprint density at radius 1 is 1.29 bits per heavy atom. The Morgan fingerprint density at radius 2 is 2.07 bits per heavy atom. The van der Waals surface area contributed by atoms with Crippen LogP contribution in [0.4, 0.5) is 8.78 Å². The van der Waals surface area contributed by atoms with Crippen LogP contribution < -0.4 is 4.74 Å². The minimum atomic E-state index is -3.70. The topological polar surface area (TPSA) is 55.8 Å². The summed E-state index contributed by atoms with van der Waals surface area (Å²) in [4.78, 5) is 10.8. The summed E-state index contributed by atoms with van der Waals surface area (Å²) in [5.41, 5.74) is 3.18. The summed E-state index contributed by atoms with van der Waals surface area (Å²) < 4.78 is 40.2. The van der Waals surface area contributed by atoms with Crippen LogP contribution in [0.2, 0.25) is 0 Å². The second kappa shape index (κ2) is 7.17. The molecule has 6 heteroatoms. The Bertz CT molecular complexity index is 919. The zero-order chi connectivity index (χ0) is 19.9. The van der Waals surface area contributed by atoms with Crippen LogP contribution in [0.5, 0.6) is 5.75 Å². The number of halogens is 2. The van der Waals surface area contributed by atoms with Crippen molar-refractivity contribution in [2.75, 3.05) is 13.2 Å². The number of rotatable bonds is 6. The van der Waals surface area contributed by atoms with Gasteiger partial charge in [0.15, 0.2) is 6.61 Å². The molecule has 4 rings (SSSR count). The fourth-order valence-corrected chi connectivity index (χ4v) is 3.88. The average Bonchev–Trinajstić information content (AvgIpc) is 3.51. The fourth-order valence-electron chi connectivity index (χ4n) is 3.88. The van der Waals surface area contributed by atoms with Gasteiger partial charge in [0.05, 0.1) is 12.2 Å². The lowest BCUT2D eigenvalue weighted by Gasteiger charge is -2.25. The Morgan fingerprint density at radius 3 is 2.79 bits per heavy atom. The maximum Gasteiger partial charge on any atom is 0.384 e. The van der Waals surface area contributed by atoms with Crippen LogP contribution in [-0.4, -0.2) is 24.3 Å². The molecular formula is C22H22F2O4. The number of ether oxygens (including phenoxy) is 2. The van der Waals surface area contributed by atoms with Crippen molar-refractivity contribution in [2.24, 2.45) is 0 Å². The van der Waals surface area contributed by atoms with Gasteiger partial charge in [-0.3, -0.25) is 0 Å². The minimum Gasteiger partial charge on any atom is -0.493 e. The summed E-state index contributed by atoms with van der Waals surface area (Å²) in [6.45, 7) is 1.21. The number of carboxylic acids is 1. The Balaban J connectivity index is 1.87. The zero-order valence-electron chi connectivity index (χ0n) is 15.6. The SMILES string of the molecule is Cc1ccc(C2CC2)c(-c2ccc3c(c2)CCCO3)c1C(F)(F)OCC(=O)O. The highest BCUT2D eigenvalue weighted by Gasteiger charge is 2.40. The van der Waals surface area contributed by atoms with Crippen LogP contribution in [-0.2, 0) is 22.1 Å². The maximum absolute atomic E-state index is 15.0. The van der Waals surface area contributed by atoms with Crippen LogP contribution >= 0.6 is 0 Å². The van der Waals surface area contributed by atoms with E-state index in [0.29, 0.717) is 23.3 Å². The average molecular weight is 388 g/mol. The van der Waals surface area contributed by atoms with Gasteiger partial charge in [0.1, 0.15) is 5.75 Å². The molecule has 2 aromatic carbocycles. The number of hydrogen-bond acceptors (Lipinski definition) is 3. The summed E-state index contributed by atoms with van der Waals surface area (Å²) in [6, 6.07) is 9.15. The molecular weight excluding hydrogens is 366 g/mol. The first-order valence-electron chi connectivity index (χ1n) is 9.50. The predicted molar refractivity (Wildman–Crippen MR) is 99.9 cm³/mol. The Hall–Kier alpha value is -2.47. The van der Waals surface area contributed by atoms with Gasteiger partial charge in [-0.2, -0.15) is 8.78 Å². The summed E-state index contributed by atoms with van der Waals surface area (Å²) in [6.07, 6.45) is -0.0369. The van der Waals surface area contributed by atoms with Gasteiger partial charge < -0.3 is 14.6 Å². The summed E-state index contributed by atoms with van der Waals surface area (Å²) in [5, 5.41) is 8.79. The normalized spacial score (nSPS) is 16.4. The van der Waals surface area contributed by atoms with Gasteiger partial charge in [0.25, 0.3) is 0 Å². The number of benzene rings is 2. The predicted octanol–water partition coefficient (Wildman–Crippen LogP) is 5.01. The first kappa shape index (κ1) is 18.9. The molecule has 1 saturated carbocycles. The van der Waals surface area contributed by atoms with Crippen LogP contribution in [0, 0.1) is 6.92 Å². The number of aryl methyl sites for hydroxylation is 2. The van der Waals surface area contributed by atoms with E-state index in [-0.39, 0.29) is 11.5 Å². The quantitative estimate of drug-likeness (QED) is 0.755. The fraction of sp³-hybridized carbons (Fsp3) is 0.409. The van der Waals surface area contributed by atoms with E-state index in [0.717, 1.165) is 42.6 Å². The molecule has 4 nitrogen and oxygen atoms in total. The smallest absolute Gasteiger partial charge is 0.384 e. The zero-order valence-corrected chi connectivity index (χ0v) is 15.6. The number of hydrogen-bond donors (Lipinski definition) is 1. The van der Waals surface area contributed by atoms with E-state index in [4.69, 9.17) is 9.84 Å². The van der Waals surface area contributed by atoms with E-state index in [9.17, 15) is 4.79 Å². The van der Waals surface area contributed by atoms with Crippen molar-refractivity contribution >= 4 is 5.97 Å². The van der Waals surface area contributed by atoms with E-state index in [1.54, 1.807) is 13.0 Å². The number of carbonyl (C=O) groups is 1. The Labute approximate surface area is 162 Å². The number of fused-ring (bicyclic) bond motifs is 1. The van der Waals surface area contributed by atoms with Crippen molar-refractivity contribution in [3.05, 3.63) is 52.6 Å². The molecule has 0 amide bonds. The third kappa shape index (κ3) is 3.61. The lowest BCUT2D eigenvalue weighted by Crippen LogP contribution is -2.25. The molecule has 0 saturated heterocycles. The number of alkyl halides is 2. The molecule has 2 aliphatic rings. The molecule has 0 spiro atoms. The van der Waals surface area contributed by atoms with Crippen molar-refractivity contribution in [1.82, 2.24) is 0 Å². The van der Waals surface area contributed by atoms with E-state index in [1.807, 2.05) is 24.3 Å². The van der Waals surface area contributed by atoms with Crippen molar-refractivity contribution in [1.29, 1.82) is 0 Å².